The third-order valence-electron chi connectivity index (χ3n) is 5.14. The minimum atomic E-state index is -2.92. The molecule has 7 heteroatoms. The summed E-state index contributed by atoms with van der Waals surface area (Å²) >= 11 is 0. The number of hydrogen-bond acceptors (Lipinski definition) is 2. The van der Waals surface area contributed by atoms with Crippen molar-refractivity contribution in [3.05, 3.63) is 66.0 Å². The molecule has 4 nitrogen and oxygen atoms in total. The maximum absolute atomic E-state index is 15.1. The maximum atomic E-state index is 15.1. The summed E-state index contributed by atoms with van der Waals surface area (Å²) in [5.74, 6) is -3.71. The first-order chi connectivity index (χ1) is 13.6. The Bertz CT molecular complexity index is 815. The number of carbonyl (C=O) groups is 1. The van der Waals surface area contributed by atoms with Gasteiger partial charge in [-0.1, -0.05) is 30.3 Å². The highest BCUT2D eigenvalue weighted by Gasteiger charge is 2.44. The second-order valence-electron chi connectivity index (χ2n) is 8.61. The first-order valence-corrected chi connectivity index (χ1v) is 10.0. The minimum Gasteiger partial charge on any atom is -1.00 e. The van der Waals surface area contributed by atoms with Crippen molar-refractivity contribution in [2.75, 3.05) is 13.1 Å². The number of halogens is 3. The van der Waals surface area contributed by atoms with E-state index in [-0.39, 0.29) is 48.5 Å². The van der Waals surface area contributed by atoms with Crippen LogP contribution in [0.4, 0.5) is 13.6 Å². The highest BCUT2D eigenvalue weighted by Crippen LogP contribution is 2.41. The van der Waals surface area contributed by atoms with Gasteiger partial charge in [-0.05, 0) is 33.6 Å². The van der Waals surface area contributed by atoms with Crippen LogP contribution < -0.4 is 21.5 Å². The van der Waals surface area contributed by atoms with Gasteiger partial charge in [-0.25, -0.2) is 18.1 Å². The van der Waals surface area contributed by atoms with Crippen LogP contribution in [0.3, 0.4) is 0 Å². The van der Waals surface area contributed by atoms with Crippen LogP contribution >= 0.6 is 0 Å². The van der Waals surface area contributed by atoms with E-state index in [0.717, 1.165) is 5.56 Å². The van der Waals surface area contributed by atoms with E-state index in [4.69, 9.17) is 4.74 Å². The lowest BCUT2D eigenvalue weighted by molar-refractivity contribution is -0.688. The lowest BCUT2D eigenvalue weighted by atomic mass is 9.87. The Hall–Kier alpha value is -2.02. The van der Waals surface area contributed by atoms with Gasteiger partial charge < -0.3 is 26.6 Å². The molecule has 1 aliphatic heterocycles. The molecule has 1 aromatic heterocycles. The Morgan fingerprint density at radius 3 is 2.17 bits per heavy atom. The molecule has 1 aliphatic rings. The summed E-state index contributed by atoms with van der Waals surface area (Å²) < 4.78 is 37.3. The van der Waals surface area contributed by atoms with Gasteiger partial charge in [0.25, 0.3) is 5.92 Å². The van der Waals surface area contributed by atoms with Crippen molar-refractivity contribution in [2.45, 2.75) is 51.7 Å². The molecule has 0 N–H and O–H groups in total. The normalized spacial score (nSPS) is 15.4. The predicted octanol–water partition coefficient (Wildman–Crippen LogP) is 1.77. The Morgan fingerprint density at radius 1 is 1.07 bits per heavy atom. The van der Waals surface area contributed by atoms with Gasteiger partial charge in [-0.2, -0.15) is 0 Å². The fraction of sp³-hybridized carbons (Fsp3) is 0.478. The standard InChI is InChI=1S/C23H29F2N2O2.BrH/c1-22(2,3)29-21(28)27-15-11-20(12-16-27)23(24,25)19-9-13-26(14-10-19)17-18-7-5-4-6-8-18;/h4-10,13-14,20H,11-12,15-17H2,1-3H3;1H/q+1;/p-1. The molecule has 0 unspecified atom stereocenters. The summed E-state index contributed by atoms with van der Waals surface area (Å²) in [7, 11) is 0. The second-order valence-corrected chi connectivity index (χ2v) is 8.61. The van der Waals surface area contributed by atoms with E-state index >= 15 is 8.78 Å². The molecule has 1 saturated heterocycles. The highest BCUT2D eigenvalue weighted by atomic mass is 79.9. The van der Waals surface area contributed by atoms with Crippen LogP contribution in [0, 0.1) is 5.92 Å². The number of hydrogen-bond donors (Lipinski definition) is 0. The number of rotatable bonds is 4. The SMILES string of the molecule is CC(C)(C)OC(=O)N1CCC(C(F)(F)c2cc[n+](Cc3ccccc3)cc2)CC1.[Br-]. The zero-order chi connectivity index (χ0) is 21.1. The van der Waals surface area contributed by atoms with Crippen molar-refractivity contribution in [2.24, 2.45) is 5.92 Å². The zero-order valence-electron chi connectivity index (χ0n) is 17.7. The van der Waals surface area contributed by atoms with E-state index in [1.54, 1.807) is 33.2 Å². The summed E-state index contributed by atoms with van der Waals surface area (Å²) in [6.07, 6.45) is 3.48. The van der Waals surface area contributed by atoms with Crippen LogP contribution in [0.25, 0.3) is 0 Å². The molecule has 0 bridgehead atoms. The molecule has 0 spiro atoms. The first-order valence-electron chi connectivity index (χ1n) is 10.0. The summed E-state index contributed by atoms with van der Waals surface area (Å²) in [5, 5.41) is 0. The summed E-state index contributed by atoms with van der Waals surface area (Å²) in [4.78, 5) is 13.7. The maximum Gasteiger partial charge on any atom is 0.410 e. The van der Waals surface area contributed by atoms with Crippen LogP contribution in [0.2, 0.25) is 0 Å². The second kappa shape index (κ2) is 9.86. The lowest BCUT2D eigenvalue weighted by Gasteiger charge is -2.36. The molecule has 2 heterocycles. The zero-order valence-corrected chi connectivity index (χ0v) is 19.2. The van der Waals surface area contributed by atoms with E-state index in [9.17, 15) is 4.79 Å². The molecular weight excluding hydrogens is 454 g/mol. The molecule has 3 rings (SSSR count). The van der Waals surface area contributed by atoms with Crippen LogP contribution in [-0.2, 0) is 17.2 Å². The molecule has 30 heavy (non-hydrogen) atoms. The van der Waals surface area contributed by atoms with Crippen LogP contribution in [0.5, 0.6) is 0 Å². The summed E-state index contributed by atoms with van der Waals surface area (Å²) in [6, 6.07) is 12.9. The van der Waals surface area contributed by atoms with Gasteiger partial charge in [-0.15, -0.1) is 0 Å². The third kappa shape index (κ3) is 6.24. The van der Waals surface area contributed by atoms with E-state index in [2.05, 4.69) is 0 Å². The minimum absolute atomic E-state index is 0. The van der Waals surface area contributed by atoms with Gasteiger partial charge in [0.05, 0.1) is 0 Å². The monoisotopic (exact) mass is 482 g/mol. The number of pyridine rings is 1. The summed E-state index contributed by atoms with van der Waals surface area (Å²) in [6.45, 7) is 6.61. The molecule has 2 aromatic rings. The fourth-order valence-corrected chi connectivity index (χ4v) is 3.57. The van der Waals surface area contributed by atoms with Crippen molar-refractivity contribution in [1.82, 2.24) is 4.90 Å². The van der Waals surface area contributed by atoms with Crippen molar-refractivity contribution < 1.29 is 39.9 Å². The third-order valence-corrected chi connectivity index (χ3v) is 5.14. The van der Waals surface area contributed by atoms with Crippen molar-refractivity contribution in [1.29, 1.82) is 0 Å². The Balaban J connectivity index is 0.00000320. The van der Waals surface area contributed by atoms with Gasteiger partial charge in [0.2, 0.25) is 0 Å². The van der Waals surface area contributed by atoms with Gasteiger partial charge in [0.15, 0.2) is 18.9 Å². The predicted molar refractivity (Wildman–Crippen MR) is 107 cm³/mol. The number of carbonyl (C=O) groups excluding carboxylic acids is 1. The molecule has 1 amide bonds. The number of likely N-dealkylation sites (tertiary alicyclic amines) is 1. The van der Waals surface area contributed by atoms with E-state index in [0.29, 0.717) is 6.54 Å². The molecule has 0 atom stereocenters. The number of nitrogens with zero attached hydrogens (tertiary/aromatic N) is 2. The number of benzene rings is 1. The van der Waals surface area contributed by atoms with Crippen molar-refractivity contribution >= 4 is 6.09 Å². The van der Waals surface area contributed by atoms with Crippen LogP contribution in [0.15, 0.2) is 54.9 Å². The molecule has 0 saturated carbocycles. The first kappa shape index (κ1) is 24.3. The number of amides is 1. The topological polar surface area (TPSA) is 33.4 Å². The molecule has 164 valence electrons. The van der Waals surface area contributed by atoms with Gasteiger partial charge >= 0.3 is 6.09 Å². The van der Waals surface area contributed by atoms with E-state index in [1.807, 2.05) is 34.9 Å². The number of piperidine rings is 1. The average Bonchev–Trinajstić information content (AvgIpc) is 2.68. The van der Waals surface area contributed by atoms with Crippen LogP contribution in [-0.4, -0.2) is 29.7 Å². The highest BCUT2D eigenvalue weighted by molar-refractivity contribution is 5.68. The smallest absolute Gasteiger partial charge is 0.410 e. The summed E-state index contributed by atoms with van der Waals surface area (Å²) in [5.41, 5.74) is 0.556. The number of alkyl halides is 2. The number of aromatic nitrogens is 1. The largest absolute Gasteiger partial charge is 1.00 e. The molecule has 0 aliphatic carbocycles. The molecule has 1 aromatic carbocycles. The van der Waals surface area contributed by atoms with Crippen molar-refractivity contribution in [3.8, 4) is 0 Å². The quantitative estimate of drug-likeness (QED) is 0.622. The fourth-order valence-electron chi connectivity index (χ4n) is 3.57. The molecule has 0 radical (unpaired) electrons. The Morgan fingerprint density at radius 2 is 1.63 bits per heavy atom. The van der Waals surface area contributed by atoms with Gasteiger partial charge in [0.1, 0.15) is 5.60 Å². The Labute approximate surface area is 187 Å². The number of ether oxygens (including phenoxy) is 1. The van der Waals surface area contributed by atoms with Gasteiger partial charge in [-0.3, -0.25) is 0 Å². The van der Waals surface area contributed by atoms with Crippen LogP contribution in [0.1, 0.15) is 44.7 Å². The Kier molecular flexibility index (Phi) is 7.97. The van der Waals surface area contributed by atoms with E-state index in [1.165, 1.54) is 17.0 Å². The van der Waals surface area contributed by atoms with E-state index < -0.39 is 23.5 Å². The molecular formula is C23H29BrF2N2O2. The van der Waals surface area contributed by atoms with Gasteiger partial charge in [0, 0.05) is 42.3 Å². The van der Waals surface area contributed by atoms with Crippen molar-refractivity contribution in [3.63, 3.8) is 0 Å². The lowest BCUT2D eigenvalue weighted by Crippen LogP contribution is -3.00. The average molecular weight is 483 g/mol. The molecule has 1 fully saturated rings.